The van der Waals surface area contributed by atoms with E-state index < -0.39 is 46.4 Å². The number of aromatic nitrogens is 3. The van der Waals surface area contributed by atoms with Crippen molar-refractivity contribution < 1.29 is 40.2 Å². The Balaban J connectivity index is 1.43. The number of nitrogens with zero attached hydrogens (tertiary/aromatic N) is 2. The number of hydrogen-bond donors (Lipinski definition) is 3. The highest BCUT2D eigenvalue weighted by atomic mass is 32.2. The maximum absolute atomic E-state index is 14.0. The molecule has 0 aliphatic carbocycles. The van der Waals surface area contributed by atoms with E-state index in [0.717, 1.165) is 6.07 Å². The quantitative estimate of drug-likeness (QED) is 0.111. The first-order valence-corrected chi connectivity index (χ1v) is 14.7. The first-order valence-electron chi connectivity index (χ1n) is 13.1. The third kappa shape index (κ3) is 6.46. The van der Waals surface area contributed by atoms with Gasteiger partial charge in [-0.3, -0.25) is 13.9 Å². The molecule has 5 rings (SSSR count). The Kier molecular flexibility index (Phi) is 8.49. The van der Waals surface area contributed by atoms with Crippen molar-refractivity contribution in [3.63, 3.8) is 0 Å². The molecule has 2 aromatic heterocycles. The zero-order chi connectivity index (χ0) is 31.6. The number of benzene rings is 3. The molecule has 0 aliphatic rings. The van der Waals surface area contributed by atoms with Crippen LogP contribution in [-0.4, -0.2) is 48.0 Å². The first-order chi connectivity index (χ1) is 21.0. The van der Waals surface area contributed by atoms with E-state index in [0.29, 0.717) is 17.0 Å². The smallest absolute Gasteiger partial charge is 0.387 e. The number of fused-ring (bicyclic) bond motifs is 1. The molecule has 2 heterocycles. The molecular weight excluding hydrogens is 606 g/mol. The molecule has 0 spiro atoms. The van der Waals surface area contributed by atoms with Crippen LogP contribution in [0, 0.1) is 12.7 Å². The van der Waals surface area contributed by atoms with E-state index in [1.54, 1.807) is 37.3 Å². The lowest BCUT2D eigenvalue weighted by atomic mass is 10.1. The number of carbonyl (C=O) groups excluding carboxylic acids is 1. The van der Waals surface area contributed by atoms with E-state index >= 15 is 0 Å². The van der Waals surface area contributed by atoms with Crippen molar-refractivity contribution in [1.82, 2.24) is 14.8 Å². The molecule has 0 saturated carbocycles. The van der Waals surface area contributed by atoms with Gasteiger partial charge >= 0.3 is 6.61 Å². The number of rotatable bonds is 12. The Morgan fingerprint density at radius 2 is 1.89 bits per heavy atom. The number of hydrogen-bond acceptors (Lipinski definition) is 7. The summed E-state index contributed by atoms with van der Waals surface area (Å²) in [6.45, 7) is -2.39. The Hall–Kier alpha value is -5.05. The minimum atomic E-state index is -4.08. The standard InChI is InChI=1S/C29H25F4N5O5S/c1-16-11-18(42-25-6-3-2-5-20(25)31)7-8-24(16)38-28(34)19(15-35-38)27(39)23-12-17-13-26(43-29(32)33)22(14-21(17)36-23)37-44(40,41)10-4-9-30/h2-3,5-8,11-15,29,36-37H,4,9-10,34H2,1H3. The number of nitrogen functional groups attached to an aromatic ring is 1. The van der Waals surface area contributed by atoms with Crippen LogP contribution >= 0.6 is 0 Å². The number of nitrogens with one attached hydrogen (secondary N) is 2. The Morgan fingerprint density at radius 1 is 1.11 bits per heavy atom. The van der Waals surface area contributed by atoms with Crippen LogP contribution in [0.25, 0.3) is 16.6 Å². The van der Waals surface area contributed by atoms with Gasteiger partial charge in [-0.1, -0.05) is 12.1 Å². The zero-order valence-electron chi connectivity index (χ0n) is 23.0. The maximum Gasteiger partial charge on any atom is 0.387 e. The van der Waals surface area contributed by atoms with Gasteiger partial charge in [0.25, 0.3) is 0 Å². The van der Waals surface area contributed by atoms with Crippen LogP contribution in [0.15, 0.2) is 66.9 Å². The van der Waals surface area contributed by atoms with Crippen molar-refractivity contribution in [3.05, 3.63) is 89.5 Å². The summed E-state index contributed by atoms with van der Waals surface area (Å²) in [6, 6.07) is 14.6. The summed E-state index contributed by atoms with van der Waals surface area (Å²) in [4.78, 5) is 16.3. The predicted octanol–water partition coefficient (Wildman–Crippen LogP) is 6.11. The van der Waals surface area contributed by atoms with Gasteiger partial charge in [-0.2, -0.15) is 13.9 Å². The number of ketones is 1. The third-order valence-corrected chi connectivity index (χ3v) is 7.86. The van der Waals surface area contributed by atoms with Gasteiger partial charge in [0.2, 0.25) is 15.8 Å². The molecule has 4 N–H and O–H groups in total. The summed E-state index contributed by atoms with van der Waals surface area (Å²) in [5.41, 5.74) is 7.44. The Bertz CT molecular complexity index is 1960. The second-order valence-electron chi connectivity index (χ2n) is 9.63. The van der Waals surface area contributed by atoms with Crippen LogP contribution in [0.1, 0.15) is 28.0 Å². The summed E-state index contributed by atoms with van der Waals surface area (Å²) in [7, 11) is -4.08. The van der Waals surface area contributed by atoms with E-state index in [1.807, 2.05) is 0 Å². The SMILES string of the molecule is Cc1cc(Oc2ccccc2F)ccc1-n1ncc(C(=O)c2cc3cc(OC(F)F)c(NS(=O)(=O)CCCF)cc3[nH]2)c1N. The second kappa shape index (κ2) is 12.3. The lowest BCUT2D eigenvalue weighted by molar-refractivity contribution is -0.0492. The monoisotopic (exact) mass is 631 g/mol. The van der Waals surface area contributed by atoms with Gasteiger partial charge in [0, 0.05) is 10.9 Å². The van der Waals surface area contributed by atoms with Crippen LogP contribution in [-0.2, 0) is 10.0 Å². The van der Waals surface area contributed by atoms with E-state index in [9.17, 15) is 30.8 Å². The summed E-state index contributed by atoms with van der Waals surface area (Å²) < 4.78 is 90.8. The highest BCUT2D eigenvalue weighted by molar-refractivity contribution is 7.92. The van der Waals surface area contributed by atoms with Gasteiger partial charge in [-0.25, -0.2) is 17.5 Å². The fourth-order valence-electron chi connectivity index (χ4n) is 4.47. The van der Waals surface area contributed by atoms with Crippen molar-refractivity contribution in [1.29, 1.82) is 0 Å². The van der Waals surface area contributed by atoms with Crippen molar-refractivity contribution >= 4 is 38.2 Å². The van der Waals surface area contributed by atoms with Crippen LogP contribution in [0.2, 0.25) is 0 Å². The molecule has 10 nitrogen and oxygen atoms in total. The molecule has 0 radical (unpaired) electrons. The fourth-order valence-corrected chi connectivity index (χ4v) is 5.56. The lowest BCUT2D eigenvalue weighted by Crippen LogP contribution is -2.18. The van der Waals surface area contributed by atoms with Crippen LogP contribution in [0.5, 0.6) is 17.2 Å². The number of carbonyl (C=O) groups is 1. The second-order valence-corrected chi connectivity index (χ2v) is 11.5. The molecule has 0 aliphatic heterocycles. The topological polar surface area (TPSA) is 141 Å². The van der Waals surface area contributed by atoms with E-state index in [2.05, 4.69) is 19.5 Å². The molecule has 0 unspecified atom stereocenters. The van der Waals surface area contributed by atoms with Gasteiger partial charge in [-0.05, 0) is 67.4 Å². The normalized spacial score (nSPS) is 11.7. The van der Waals surface area contributed by atoms with Crippen LogP contribution < -0.4 is 19.9 Å². The fraction of sp³-hybridized carbons (Fsp3) is 0.172. The number of anilines is 2. The van der Waals surface area contributed by atoms with Gasteiger partial charge < -0.3 is 20.2 Å². The average molecular weight is 632 g/mol. The molecule has 230 valence electrons. The summed E-state index contributed by atoms with van der Waals surface area (Å²) in [5, 5.41) is 4.52. The number of aromatic amines is 1. The number of sulfonamides is 1. The predicted molar refractivity (Wildman–Crippen MR) is 156 cm³/mol. The minimum Gasteiger partial charge on any atom is -0.454 e. The number of para-hydroxylation sites is 1. The third-order valence-electron chi connectivity index (χ3n) is 6.51. The van der Waals surface area contributed by atoms with Crippen LogP contribution in [0.4, 0.5) is 29.1 Å². The maximum atomic E-state index is 14.0. The number of nitrogens with two attached hydrogens (primary N) is 1. The number of ether oxygens (including phenoxy) is 2. The van der Waals surface area contributed by atoms with Gasteiger partial charge in [0.1, 0.15) is 11.6 Å². The molecule has 44 heavy (non-hydrogen) atoms. The summed E-state index contributed by atoms with van der Waals surface area (Å²) in [6.07, 6.45) is 0.978. The lowest BCUT2D eigenvalue weighted by Gasteiger charge is -2.13. The highest BCUT2D eigenvalue weighted by Crippen LogP contribution is 2.34. The Morgan fingerprint density at radius 3 is 2.59 bits per heavy atom. The number of halogens is 4. The number of aryl methyl sites for hydroxylation is 1. The van der Waals surface area contributed by atoms with Crippen molar-refractivity contribution in [2.75, 3.05) is 22.9 Å². The molecule has 0 amide bonds. The van der Waals surface area contributed by atoms with E-state index in [-0.39, 0.29) is 45.8 Å². The molecule has 0 saturated heterocycles. The van der Waals surface area contributed by atoms with Gasteiger partial charge in [0.15, 0.2) is 17.3 Å². The molecular formula is C29H25F4N5O5S. The van der Waals surface area contributed by atoms with Gasteiger partial charge in [0.05, 0.1) is 41.3 Å². The number of H-pyrrole nitrogens is 1. The summed E-state index contributed by atoms with van der Waals surface area (Å²) in [5.74, 6) is -1.73. The molecule has 0 fully saturated rings. The largest absolute Gasteiger partial charge is 0.454 e. The van der Waals surface area contributed by atoms with Crippen molar-refractivity contribution in [2.24, 2.45) is 0 Å². The van der Waals surface area contributed by atoms with Crippen molar-refractivity contribution in [3.8, 4) is 22.9 Å². The molecule has 15 heteroatoms. The Labute approximate surface area is 248 Å². The average Bonchev–Trinajstić information content (AvgIpc) is 3.55. The minimum absolute atomic E-state index is 0.00237. The molecule has 0 bridgehead atoms. The highest BCUT2D eigenvalue weighted by Gasteiger charge is 2.23. The first kappa shape index (κ1) is 30.4. The van der Waals surface area contributed by atoms with Gasteiger partial charge in [-0.15, -0.1) is 0 Å². The van der Waals surface area contributed by atoms with E-state index in [4.69, 9.17) is 10.5 Å². The van der Waals surface area contributed by atoms with Crippen LogP contribution in [0.3, 0.4) is 0 Å². The molecule has 0 atom stereocenters. The van der Waals surface area contributed by atoms with E-state index in [1.165, 1.54) is 35.1 Å². The molecule has 3 aromatic carbocycles. The molecule has 5 aromatic rings. The van der Waals surface area contributed by atoms with Crippen molar-refractivity contribution in [2.45, 2.75) is 20.0 Å². The summed E-state index contributed by atoms with van der Waals surface area (Å²) >= 11 is 0. The number of alkyl halides is 3. The zero-order valence-corrected chi connectivity index (χ0v) is 23.8.